The summed E-state index contributed by atoms with van der Waals surface area (Å²) in [5.41, 5.74) is 2.43. The van der Waals surface area contributed by atoms with Gasteiger partial charge >= 0.3 is 5.97 Å². The van der Waals surface area contributed by atoms with Crippen molar-refractivity contribution >= 4 is 12.0 Å². The minimum Gasteiger partial charge on any atom is -0.478 e. The molecule has 1 aromatic rings. The fraction of sp³-hybridized carbons (Fsp3) is 0.154. The molecule has 0 aromatic heterocycles. The molecule has 0 spiro atoms. The maximum absolute atomic E-state index is 10.5. The van der Waals surface area contributed by atoms with E-state index in [-0.39, 0.29) is 5.57 Å². The second-order valence-corrected chi connectivity index (χ2v) is 3.35. The van der Waals surface area contributed by atoms with Crippen molar-refractivity contribution in [2.45, 2.75) is 12.8 Å². The lowest BCUT2D eigenvalue weighted by atomic mass is 10.0. The molecular formula is C13H14O2. The van der Waals surface area contributed by atoms with E-state index < -0.39 is 5.97 Å². The zero-order valence-electron chi connectivity index (χ0n) is 8.57. The van der Waals surface area contributed by atoms with Crippen LogP contribution in [0.15, 0.2) is 43.0 Å². The van der Waals surface area contributed by atoms with Gasteiger partial charge < -0.3 is 5.11 Å². The average molecular weight is 202 g/mol. The van der Waals surface area contributed by atoms with Crippen molar-refractivity contribution in [2.24, 2.45) is 0 Å². The quantitative estimate of drug-likeness (QED) is 0.745. The Balaban J connectivity index is 2.54. The molecule has 0 amide bonds. The van der Waals surface area contributed by atoms with E-state index in [2.05, 4.69) is 13.2 Å². The van der Waals surface area contributed by atoms with Gasteiger partial charge in [0.25, 0.3) is 0 Å². The zero-order valence-corrected chi connectivity index (χ0v) is 8.57. The molecule has 0 saturated carbocycles. The van der Waals surface area contributed by atoms with Crippen LogP contribution in [-0.4, -0.2) is 11.1 Å². The van der Waals surface area contributed by atoms with Crippen molar-refractivity contribution in [2.75, 3.05) is 0 Å². The van der Waals surface area contributed by atoms with Gasteiger partial charge in [-0.25, -0.2) is 4.79 Å². The van der Waals surface area contributed by atoms with Gasteiger partial charge in [0, 0.05) is 5.57 Å². The number of hydrogen-bond donors (Lipinski definition) is 1. The molecule has 0 unspecified atom stereocenters. The zero-order chi connectivity index (χ0) is 11.3. The second-order valence-electron chi connectivity index (χ2n) is 3.35. The predicted molar refractivity (Wildman–Crippen MR) is 61.6 cm³/mol. The lowest BCUT2D eigenvalue weighted by Crippen LogP contribution is -2.00. The normalized spacial score (nSPS) is 9.60. The van der Waals surface area contributed by atoms with Crippen LogP contribution in [0.3, 0.4) is 0 Å². The van der Waals surface area contributed by atoms with E-state index in [0.29, 0.717) is 12.8 Å². The van der Waals surface area contributed by atoms with Crippen molar-refractivity contribution in [3.8, 4) is 0 Å². The summed E-state index contributed by atoms with van der Waals surface area (Å²) in [5.74, 6) is -0.919. The Morgan fingerprint density at radius 2 is 1.93 bits per heavy atom. The first kappa shape index (κ1) is 11.2. The third-order valence-electron chi connectivity index (χ3n) is 2.23. The molecule has 0 fully saturated rings. The number of rotatable bonds is 5. The van der Waals surface area contributed by atoms with Gasteiger partial charge in [-0.2, -0.15) is 0 Å². The van der Waals surface area contributed by atoms with Crippen molar-refractivity contribution in [3.63, 3.8) is 0 Å². The number of aryl methyl sites for hydroxylation is 1. The Kier molecular flexibility index (Phi) is 3.86. The average Bonchev–Trinajstić information content (AvgIpc) is 2.26. The third kappa shape index (κ3) is 3.43. The number of aliphatic carboxylic acids is 1. The minimum atomic E-state index is -0.919. The first-order valence-electron chi connectivity index (χ1n) is 4.76. The second kappa shape index (κ2) is 5.15. The van der Waals surface area contributed by atoms with Crippen LogP contribution >= 0.6 is 0 Å². The molecule has 0 atom stereocenters. The van der Waals surface area contributed by atoms with E-state index in [9.17, 15) is 4.79 Å². The SMILES string of the molecule is C=Cc1ccc(CCC(=C)C(=O)O)cc1. The number of hydrogen-bond acceptors (Lipinski definition) is 1. The van der Waals surface area contributed by atoms with Gasteiger partial charge in [0.1, 0.15) is 0 Å². The van der Waals surface area contributed by atoms with Crippen LogP contribution < -0.4 is 0 Å². The molecule has 0 bridgehead atoms. The summed E-state index contributed by atoms with van der Waals surface area (Å²) >= 11 is 0. The van der Waals surface area contributed by atoms with Crippen LogP contribution in [-0.2, 0) is 11.2 Å². The minimum absolute atomic E-state index is 0.253. The topological polar surface area (TPSA) is 37.3 Å². The van der Waals surface area contributed by atoms with Crippen molar-refractivity contribution < 1.29 is 9.90 Å². The highest BCUT2D eigenvalue weighted by Crippen LogP contribution is 2.10. The van der Waals surface area contributed by atoms with Crippen molar-refractivity contribution in [1.29, 1.82) is 0 Å². The van der Waals surface area contributed by atoms with Crippen molar-refractivity contribution in [3.05, 3.63) is 54.1 Å². The van der Waals surface area contributed by atoms with Crippen LogP contribution in [0, 0.1) is 0 Å². The molecule has 2 nitrogen and oxygen atoms in total. The van der Waals surface area contributed by atoms with Crippen LogP contribution in [0.25, 0.3) is 6.08 Å². The van der Waals surface area contributed by atoms with E-state index in [1.54, 1.807) is 6.08 Å². The molecular weight excluding hydrogens is 188 g/mol. The molecule has 2 heteroatoms. The predicted octanol–water partition coefficient (Wildman–Crippen LogP) is 2.90. The number of carboxylic acids is 1. The van der Waals surface area contributed by atoms with Crippen molar-refractivity contribution in [1.82, 2.24) is 0 Å². The Labute approximate surface area is 89.6 Å². The molecule has 1 aromatic carbocycles. The van der Waals surface area contributed by atoms with Gasteiger partial charge in [-0.15, -0.1) is 0 Å². The van der Waals surface area contributed by atoms with Gasteiger partial charge in [0.2, 0.25) is 0 Å². The molecule has 1 rings (SSSR count). The highest BCUT2D eigenvalue weighted by molar-refractivity contribution is 5.85. The molecule has 0 aliphatic heterocycles. The van der Waals surface area contributed by atoms with Gasteiger partial charge in [-0.3, -0.25) is 0 Å². The number of benzene rings is 1. The van der Waals surface area contributed by atoms with Gasteiger partial charge in [0.05, 0.1) is 0 Å². The molecule has 0 heterocycles. The lowest BCUT2D eigenvalue weighted by Gasteiger charge is -2.02. The summed E-state index contributed by atoms with van der Waals surface area (Å²) in [7, 11) is 0. The molecule has 1 N–H and O–H groups in total. The largest absolute Gasteiger partial charge is 0.478 e. The molecule has 0 saturated heterocycles. The maximum Gasteiger partial charge on any atom is 0.330 e. The fourth-order valence-corrected chi connectivity index (χ4v) is 1.22. The Hall–Kier alpha value is -1.83. The fourth-order valence-electron chi connectivity index (χ4n) is 1.22. The smallest absolute Gasteiger partial charge is 0.330 e. The monoisotopic (exact) mass is 202 g/mol. The third-order valence-corrected chi connectivity index (χ3v) is 2.23. The molecule has 78 valence electrons. The molecule has 0 aliphatic carbocycles. The molecule has 0 aliphatic rings. The first-order chi connectivity index (χ1) is 7.13. The van der Waals surface area contributed by atoms with E-state index >= 15 is 0 Å². The molecule has 15 heavy (non-hydrogen) atoms. The van der Waals surface area contributed by atoms with Gasteiger partial charge in [-0.1, -0.05) is 43.5 Å². The van der Waals surface area contributed by atoms with Crippen LogP contribution in [0.5, 0.6) is 0 Å². The van der Waals surface area contributed by atoms with E-state index in [0.717, 1.165) is 11.1 Å². The Bertz CT molecular complexity index is 374. The van der Waals surface area contributed by atoms with E-state index in [1.165, 1.54) is 0 Å². The highest BCUT2D eigenvalue weighted by atomic mass is 16.4. The highest BCUT2D eigenvalue weighted by Gasteiger charge is 2.03. The van der Waals surface area contributed by atoms with E-state index in [1.807, 2.05) is 24.3 Å². The summed E-state index contributed by atoms with van der Waals surface area (Å²) in [4.78, 5) is 10.5. The van der Waals surface area contributed by atoms with Crippen LogP contribution in [0.4, 0.5) is 0 Å². The summed E-state index contributed by atoms with van der Waals surface area (Å²) < 4.78 is 0. The van der Waals surface area contributed by atoms with Gasteiger partial charge in [0.15, 0.2) is 0 Å². The summed E-state index contributed by atoms with van der Waals surface area (Å²) in [5, 5.41) is 8.63. The number of carbonyl (C=O) groups is 1. The maximum atomic E-state index is 10.5. The van der Waals surface area contributed by atoms with E-state index in [4.69, 9.17) is 5.11 Å². The Morgan fingerprint density at radius 1 is 1.33 bits per heavy atom. The number of carboxylic acid groups (broad SMARTS) is 1. The van der Waals surface area contributed by atoms with Crippen LogP contribution in [0.2, 0.25) is 0 Å². The first-order valence-corrected chi connectivity index (χ1v) is 4.76. The standard InChI is InChI=1S/C13H14O2/c1-3-11-6-8-12(9-7-11)5-4-10(2)13(14)15/h3,6-9H,1-2,4-5H2,(H,14,15). The Morgan fingerprint density at radius 3 is 2.40 bits per heavy atom. The summed E-state index contributed by atoms with van der Waals surface area (Å²) in [6.45, 7) is 7.15. The van der Waals surface area contributed by atoms with Gasteiger partial charge in [-0.05, 0) is 24.0 Å². The van der Waals surface area contributed by atoms with Crippen LogP contribution in [0.1, 0.15) is 17.5 Å². The molecule has 0 radical (unpaired) electrons. The lowest BCUT2D eigenvalue weighted by molar-refractivity contribution is -0.132. The summed E-state index contributed by atoms with van der Waals surface area (Å²) in [6.07, 6.45) is 2.98. The summed E-state index contributed by atoms with van der Waals surface area (Å²) in [6, 6.07) is 7.88.